The molecular weight excluding hydrogens is 440 g/mol. The molecule has 0 aromatic carbocycles. The highest BCUT2D eigenvalue weighted by atomic mass is 31.2. The van der Waals surface area contributed by atoms with E-state index in [1.807, 2.05) is 27.7 Å². The van der Waals surface area contributed by atoms with Crippen molar-refractivity contribution in [2.75, 3.05) is 52.2 Å². The first-order chi connectivity index (χ1) is 14.9. The monoisotopic (exact) mass is 487 g/mol. The molecule has 0 saturated heterocycles. The van der Waals surface area contributed by atoms with Crippen LogP contribution in [0.5, 0.6) is 0 Å². The molecule has 0 spiro atoms. The maximum absolute atomic E-state index is 13.4. The Morgan fingerprint density at radius 1 is 0.613 bits per heavy atom. The Balaban J connectivity index is 5.36. The smallest absolute Gasteiger partial charge is 0.344 e. The minimum Gasteiger partial charge on any atom is -0.396 e. The van der Waals surface area contributed by atoms with Crippen LogP contribution in [0.2, 0.25) is 0 Å². The standard InChI is InChI=1S/C21H47NO7P2/c1-5-9-16-26-30(24,27-17-10-6-2)20-22(14-13-15-23)21-31(25,28-18-11-7-3)29-19-12-8-4/h23H,5-21H2,1-4H3. The third-order valence-corrected chi connectivity index (χ3v) is 8.32. The molecule has 0 rings (SSSR count). The molecule has 188 valence electrons. The maximum Gasteiger partial charge on any atom is 0.344 e. The molecule has 0 atom stereocenters. The van der Waals surface area contributed by atoms with E-state index < -0.39 is 15.2 Å². The topological polar surface area (TPSA) is 94.5 Å². The molecule has 0 aliphatic carbocycles. The fourth-order valence-corrected chi connectivity index (χ4v) is 6.33. The van der Waals surface area contributed by atoms with Gasteiger partial charge in [-0.2, -0.15) is 0 Å². The van der Waals surface area contributed by atoms with Crippen molar-refractivity contribution in [2.24, 2.45) is 0 Å². The van der Waals surface area contributed by atoms with E-state index in [0.717, 1.165) is 51.4 Å². The van der Waals surface area contributed by atoms with Gasteiger partial charge in [-0.3, -0.25) is 14.0 Å². The second-order valence-electron chi connectivity index (χ2n) is 7.72. The SMILES string of the molecule is CCCCOP(=O)(CN(CCCO)CP(=O)(OCCCC)OCCCC)OCCCC. The molecule has 0 fully saturated rings. The largest absolute Gasteiger partial charge is 0.396 e. The lowest BCUT2D eigenvalue weighted by molar-refractivity contribution is 0.164. The number of nitrogens with zero attached hydrogens (tertiary/aromatic N) is 1. The molecule has 0 bridgehead atoms. The molecule has 0 saturated carbocycles. The highest BCUT2D eigenvalue weighted by Crippen LogP contribution is 2.53. The predicted molar refractivity (Wildman–Crippen MR) is 127 cm³/mol. The molecule has 0 unspecified atom stereocenters. The van der Waals surface area contributed by atoms with Crippen LogP contribution in [0.1, 0.15) is 85.5 Å². The van der Waals surface area contributed by atoms with E-state index in [4.69, 9.17) is 18.1 Å². The number of hydrogen-bond donors (Lipinski definition) is 1. The van der Waals surface area contributed by atoms with Crippen molar-refractivity contribution in [2.45, 2.75) is 85.5 Å². The zero-order valence-electron chi connectivity index (χ0n) is 20.3. The van der Waals surface area contributed by atoms with Crippen molar-refractivity contribution in [3.8, 4) is 0 Å². The van der Waals surface area contributed by atoms with E-state index in [2.05, 4.69) is 0 Å². The van der Waals surface area contributed by atoms with Gasteiger partial charge < -0.3 is 23.2 Å². The van der Waals surface area contributed by atoms with E-state index in [1.165, 1.54) is 0 Å². The number of hydrogen-bond acceptors (Lipinski definition) is 8. The van der Waals surface area contributed by atoms with E-state index >= 15 is 0 Å². The van der Waals surface area contributed by atoms with Gasteiger partial charge >= 0.3 is 15.2 Å². The average molecular weight is 488 g/mol. The molecule has 0 radical (unpaired) electrons. The van der Waals surface area contributed by atoms with Crippen LogP contribution in [0.15, 0.2) is 0 Å². The van der Waals surface area contributed by atoms with Gasteiger partial charge in [0, 0.05) is 13.2 Å². The first-order valence-electron chi connectivity index (χ1n) is 12.0. The van der Waals surface area contributed by atoms with Crippen molar-refractivity contribution in [3.05, 3.63) is 0 Å². The predicted octanol–water partition coefficient (Wildman–Crippen LogP) is 6.24. The summed E-state index contributed by atoms with van der Waals surface area (Å²) in [6.07, 6.45) is 7.30. The van der Waals surface area contributed by atoms with Crippen LogP contribution in [0.25, 0.3) is 0 Å². The minimum atomic E-state index is -3.41. The Morgan fingerprint density at radius 3 is 1.19 bits per heavy atom. The number of rotatable bonds is 23. The summed E-state index contributed by atoms with van der Waals surface area (Å²) in [5.41, 5.74) is 0. The van der Waals surface area contributed by atoms with E-state index in [9.17, 15) is 14.2 Å². The molecule has 0 aromatic heterocycles. The fourth-order valence-electron chi connectivity index (χ4n) is 2.60. The highest BCUT2D eigenvalue weighted by molar-refractivity contribution is 7.54. The number of aliphatic hydroxyl groups is 1. The van der Waals surface area contributed by atoms with Gasteiger partial charge in [-0.25, -0.2) is 0 Å². The summed E-state index contributed by atoms with van der Waals surface area (Å²) in [6.45, 7) is 9.94. The lowest BCUT2D eigenvalue weighted by Gasteiger charge is -2.30. The van der Waals surface area contributed by atoms with Crippen LogP contribution in [-0.4, -0.2) is 62.2 Å². The molecule has 0 amide bonds. The van der Waals surface area contributed by atoms with Crippen molar-refractivity contribution in [1.82, 2.24) is 4.90 Å². The van der Waals surface area contributed by atoms with Gasteiger partial charge in [0.05, 0.1) is 26.4 Å². The van der Waals surface area contributed by atoms with Crippen molar-refractivity contribution < 1.29 is 32.3 Å². The Kier molecular flexibility index (Phi) is 19.8. The van der Waals surface area contributed by atoms with Gasteiger partial charge in [0.2, 0.25) is 0 Å². The molecule has 0 heterocycles. The molecule has 0 aromatic rings. The maximum atomic E-state index is 13.4. The van der Waals surface area contributed by atoms with Gasteiger partial charge in [0.25, 0.3) is 0 Å². The first-order valence-corrected chi connectivity index (χ1v) is 15.4. The van der Waals surface area contributed by atoms with Gasteiger partial charge in [-0.05, 0) is 32.1 Å². The lowest BCUT2D eigenvalue weighted by atomic mass is 10.4. The van der Waals surface area contributed by atoms with Gasteiger partial charge in [-0.15, -0.1) is 0 Å². The summed E-state index contributed by atoms with van der Waals surface area (Å²) >= 11 is 0. The molecule has 31 heavy (non-hydrogen) atoms. The third kappa shape index (κ3) is 16.5. The fraction of sp³-hybridized carbons (Fsp3) is 1.00. The number of aliphatic hydroxyl groups excluding tert-OH is 1. The quantitative estimate of drug-likeness (QED) is 0.134. The van der Waals surface area contributed by atoms with E-state index in [1.54, 1.807) is 4.90 Å². The van der Waals surface area contributed by atoms with Crippen molar-refractivity contribution >= 4 is 15.2 Å². The van der Waals surface area contributed by atoms with Crippen LogP contribution in [0, 0.1) is 0 Å². The summed E-state index contributed by atoms with van der Waals surface area (Å²) in [4.78, 5) is 1.74. The van der Waals surface area contributed by atoms with E-state index in [-0.39, 0.29) is 19.2 Å². The summed E-state index contributed by atoms with van der Waals surface area (Å²) in [5, 5.41) is 9.32. The molecule has 1 N–H and O–H groups in total. The zero-order chi connectivity index (χ0) is 23.4. The first kappa shape index (κ1) is 31.2. The van der Waals surface area contributed by atoms with Crippen molar-refractivity contribution in [3.63, 3.8) is 0 Å². The Hall–Kier alpha value is 0.220. The average Bonchev–Trinajstić information content (AvgIpc) is 2.73. The Labute approximate surface area is 190 Å². The van der Waals surface area contributed by atoms with Crippen molar-refractivity contribution in [1.29, 1.82) is 0 Å². The van der Waals surface area contributed by atoms with Crippen LogP contribution < -0.4 is 0 Å². The molecular formula is C21H47NO7P2. The third-order valence-electron chi connectivity index (χ3n) is 4.52. The van der Waals surface area contributed by atoms with Crippen LogP contribution in [0.3, 0.4) is 0 Å². The van der Waals surface area contributed by atoms with Gasteiger partial charge in [0.15, 0.2) is 0 Å². The van der Waals surface area contributed by atoms with Crippen LogP contribution >= 0.6 is 15.2 Å². The Bertz CT molecular complexity index is 440. The lowest BCUT2D eigenvalue weighted by Crippen LogP contribution is -2.30. The molecule has 0 aliphatic heterocycles. The molecule has 10 heteroatoms. The van der Waals surface area contributed by atoms with E-state index in [0.29, 0.717) is 39.4 Å². The summed E-state index contributed by atoms with van der Waals surface area (Å²) in [5.74, 6) is 0. The van der Waals surface area contributed by atoms with Crippen LogP contribution in [0.4, 0.5) is 0 Å². The summed E-state index contributed by atoms with van der Waals surface area (Å²) < 4.78 is 49.6. The highest BCUT2D eigenvalue weighted by Gasteiger charge is 2.34. The van der Waals surface area contributed by atoms with Gasteiger partial charge in [0.1, 0.15) is 12.6 Å². The second-order valence-corrected chi connectivity index (χ2v) is 11.8. The number of unbranched alkanes of at least 4 members (excludes halogenated alkanes) is 4. The molecule has 8 nitrogen and oxygen atoms in total. The Morgan fingerprint density at radius 2 is 0.935 bits per heavy atom. The zero-order valence-corrected chi connectivity index (χ0v) is 22.0. The van der Waals surface area contributed by atoms with Gasteiger partial charge in [-0.1, -0.05) is 53.4 Å². The van der Waals surface area contributed by atoms with Crippen LogP contribution in [-0.2, 0) is 27.2 Å². The normalized spacial score (nSPS) is 12.7. The molecule has 0 aliphatic rings. The minimum absolute atomic E-state index is 0.00130. The second kappa shape index (κ2) is 19.7. The summed E-state index contributed by atoms with van der Waals surface area (Å²) in [7, 11) is -6.82. The summed E-state index contributed by atoms with van der Waals surface area (Å²) in [6, 6.07) is 0.